The van der Waals surface area contributed by atoms with Crippen molar-refractivity contribution in [1.29, 1.82) is 0 Å². The zero-order valence-corrected chi connectivity index (χ0v) is 9.95. The minimum Gasteiger partial charge on any atom is -0.480 e. The molecule has 6 heteroatoms. The van der Waals surface area contributed by atoms with Crippen molar-refractivity contribution in [1.82, 2.24) is 5.32 Å². The van der Waals surface area contributed by atoms with Gasteiger partial charge in [-0.05, 0) is 5.56 Å². The molecule has 0 heterocycles. The second kappa shape index (κ2) is 6.95. The van der Waals surface area contributed by atoms with Gasteiger partial charge in [0.25, 0.3) is 0 Å². The van der Waals surface area contributed by atoms with E-state index in [1.54, 1.807) is 30.3 Å². The molecule has 1 aromatic carbocycles. The highest BCUT2D eigenvalue weighted by atomic mass is 16.4. The second-order valence-corrected chi connectivity index (χ2v) is 3.76. The van der Waals surface area contributed by atoms with Crippen molar-refractivity contribution >= 4 is 17.8 Å². The van der Waals surface area contributed by atoms with Gasteiger partial charge in [0.1, 0.15) is 6.04 Å². The molecule has 0 aliphatic heterocycles. The number of carbonyl (C=O) groups is 3. The maximum absolute atomic E-state index is 11.3. The lowest BCUT2D eigenvalue weighted by Gasteiger charge is -2.13. The molecule has 0 radical (unpaired) electrons. The summed E-state index contributed by atoms with van der Waals surface area (Å²) in [6.07, 6.45) is 1.56. The van der Waals surface area contributed by atoms with E-state index in [9.17, 15) is 14.4 Å². The zero-order chi connectivity index (χ0) is 14.3. The largest absolute Gasteiger partial charge is 0.480 e. The van der Waals surface area contributed by atoms with Gasteiger partial charge in [0.15, 0.2) is 0 Å². The van der Waals surface area contributed by atoms with Crippen LogP contribution in [0.3, 0.4) is 0 Å². The summed E-state index contributed by atoms with van der Waals surface area (Å²) in [6, 6.07) is 7.71. The highest BCUT2D eigenvalue weighted by molar-refractivity contribution is 5.95. The summed E-state index contributed by atoms with van der Waals surface area (Å²) in [5, 5.41) is 19.6. The van der Waals surface area contributed by atoms with Crippen molar-refractivity contribution in [2.45, 2.75) is 12.5 Å². The molecule has 100 valence electrons. The first-order valence-corrected chi connectivity index (χ1v) is 5.47. The van der Waals surface area contributed by atoms with E-state index in [2.05, 4.69) is 5.32 Å². The number of carboxylic acid groups (broad SMARTS) is 2. The lowest BCUT2D eigenvalue weighted by atomic mass is 10.1. The van der Waals surface area contributed by atoms with Crippen molar-refractivity contribution in [2.24, 2.45) is 0 Å². The number of hydrogen-bond donors (Lipinski definition) is 3. The number of nitrogens with one attached hydrogen (secondary N) is 1. The SMILES string of the molecule is O=C(O)/C=C\C(=O)NC(Cc1ccccc1)C(=O)O. The molecule has 0 aromatic heterocycles. The smallest absolute Gasteiger partial charge is 0.328 e. The predicted octanol–water partition coefficient (Wildman–Crippen LogP) is 0.439. The topological polar surface area (TPSA) is 104 Å². The number of hydrogen-bond acceptors (Lipinski definition) is 3. The van der Waals surface area contributed by atoms with Crippen LogP contribution in [0.5, 0.6) is 0 Å². The molecule has 0 bridgehead atoms. The van der Waals surface area contributed by atoms with Gasteiger partial charge in [0.2, 0.25) is 5.91 Å². The summed E-state index contributed by atoms with van der Waals surface area (Å²) in [4.78, 5) is 32.6. The monoisotopic (exact) mass is 263 g/mol. The Bertz CT molecular complexity index is 495. The molecule has 3 N–H and O–H groups in total. The number of carbonyl (C=O) groups excluding carboxylic acids is 1. The maximum Gasteiger partial charge on any atom is 0.328 e. The van der Waals surface area contributed by atoms with Crippen LogP contribution < -0.4 is 5.32 Å². The molecule has 0 saturated carbocycles. The van der Waals surface area contributed by atoms with Crippen LogP contribution in [0.2, 0.25) is 0 Å². The molecule has 0 spiro atoms. The minimum absolute atomic E-state index is 0.128. The van der Waals surface area contributed by atoms with E-state index in [-0.39, 0.29) is 6.42 Å². The van der Waals surface area contributed by atoms with Gasteiger partial charge in [0.05, 0.1) is 0 Å². The van der Waals surface area contributed by atoms with Crippen molar-refractivity contribution in [3.8, 4) is 0 Å². The Labute approximate surface area is 109 Å². The van der Waals surface area contributed by atoms with Gasteiger partial charge in [-0.15, -0.1) is 0 Å². The Kier molecular flexibility index (Phi) is 5.28. The molecule has 6 nitrogen and oxygen atoms in total. The van der Waals surface area contributed by atoms with Crippen molar-refractivity contribution in [2.75, 3.05) is 0 Å². The van der Waals surface area contributed by atoms with E-state index in [1.165, 1.54) is 0 Å². The van der Waals surface area contributed by atoms with Crippen LogP contribution in [0, 0.1) is 0 Å². The summed E-state index contributed by atoms with van der Waals surface area (Å²) in [7, 11) is 0. The van der Waals surface area contributed by atoms with E-state index in [0.29, 0.717) is 6.08 Å². The molecule has 19 heavy (non-hydrogen) atoms. The van der Waals surface area contributed by atoms with Crippen LogP contribution in [-0.4, -0.2) is 34.1 Å². The fourth-order valence-corrected chi connectivity index (χ4v) is 1.42. The summed E-state index contributed by atoms with van der Waals surface area (Å²) >= 11 is 0. The summed E-state index contributed by atoms with van der Waals surface area (Å²) in [5.74, 6) is -3.21. The molecule has 1 rings (SSSR count). The van der Waals surface area contributed by atoms with E-state index >= 15 is 0 Å². The van der Waals surface area contributed by atoms with Crippen molar-refractivity contribution in [3.63, 3.8) is 0 Å². The normalized spacial score (nSPS) is 12.0. The number of rotatable bonds is 6. The summed E-state index contributed by atoms with van der Waals surface area (Å²) in [5.41, 5.74) is 0.761. The second-order valence-electron chi connectivity index (χ2n) is 3.76. The van der Waals surface area contributed by atoms with Crippen LogP contribution >= 0.6 is 0 Å². The Morgan fingerprint density at radius 2 is 1.74 bits per heavy atom. The first-order chi connectivity index (χ1) is 8.99. The lowest BCUT2D eigenvalue weighted by Crippen LogP contribution is -2.41. The van der Waals surface area contributed by atoms with Crippen molar-refractivity contribution < 1.29 is 24.6 Å². The Hall–Kier alpha value is -2.63. The molecular formula is C13H13NO5. The third-order valence-electron chi connectivity index (χ3n) is 2.27. The maximum atomic E-state index is 11.3. The Morgan fingerprint density at radius 1 is 1.11 bits per heavy atom. The first kappa shape index (κ1) is 14.4. The molecule has 0 saturated heterocycles. The Morgan fingerprint density at radius 3 is 2.26 bits per heavy atom. The van der Waals surface area contributed by atoms with Gasteiger partial charge in [0, 0.05) is 18.6 Å². The van der Waals surface area contributed by atoms with Crippen LogP contribution in [0.25, 0.3) is 0 Å². The minimum atomic E-state index is -1.27. The molecule has 1 unspecified atom stereocenters. The lowest BCUT2D eigenvalue weighted by molar-refractivity contribution is -0.141. The predicted molar refractivity (Wildman–Crippen MR) is 66.5 cm³/mol. The zero-order valence-electron chi connectivity index (χ0n) is 9.95. The highest BCUT2D eigenvalue weighted by Crippen LogP contribution is 2.03. The molecule has 1 atom stereocenters. The average molecular weight is 263 g/mol. The quantitative estimate of drug-likeness (QED) is 0.646. The molecule has 1 amide bonds. The third-order valence-corrected chi connectivity index (χ3v) is 2.27. The van der Waals surface area contributed by atoms with Crippen LogP contribution in [-0.2, 0) is 20.8 Å². The summed E-state index contributed by atoms with van der Waals surface area (Å²) < 4.78 is 0. The van der Waals surface area contributed by atoms with E-state index in [4.69, 9.17) is 10.2 Å². The summed E-state index contributed by atoms with van der Waals surface area (Å²) in [6.45, 7) is 0. The first-order valence-electron chi connectivity index (χ1n) is 5.47. The van der Waals surface area contributed by atoms with Crippen LogP contribution in [0.1, 0.15) is 5.56 Å². The van der Waals surface area contributed by atoms with Crippen molar-refractivity contribution in [3.05, 3.63) is 48.0 Å². The van der Waals surface area contributed by atoms with Gasteiger partial charge in [-0.3, -0.25) is 4.79 Å². The molecule has 0 fully saturated rings. The number of carboxylic acids is 2. The fourth-order valence-electron chi connectivity index (χ4n) is 1.42. The fraction of sp³-hybridized carbons (Fsp3) is 0.154. The van der Waals surface area contributed by atoms with E-state index < -0.39 is 23.9 Å². The Balaban J connectivity index is 2.66. The van der Waals surface area contributed by atoms with Gasteiger partial charge >= 0.3 is 11.9 Å². The van der Waals surface area contributed by atoms with Gasteiger partial charge in [-0.25, -0.2) is 9.59 Å². The standard InChI is InChI=1S/C13H13NO5/c15-11(6-7-12(16)17)14-10(13(18)19)8-9-4-2-1-3-5-9/h1-7,10H,8H2,(H,14,15)(H,16,17)(H,18,19)/b7-6-. The third kappa shape index (κ3) is 5.49. The van der Waals surface area contributed by atoms with Gasteiger partial charge in [-0.1, -0.05) is 30.3 Å². The molecular weight excluding hydrogens is 250 g/mol. The highest BCUT2D eigenvalue weighted by Gasteiger charge is 2.19. The molecule has 0 aliphatic rings. The number of benzene rings is 1. The van der Waals surface area contributed by atoms with Gasteiger partial charge < -0.3 is 15.5 Å². The van der Waals surface area contributed by atoms with E-state index in [0.717, 1.165) is 11.6 Å². The van der Waals surface area contributed by atoms with Crippen LogP contribution in [0.15, 0.2) is 42.5 Å². The number of amides is 1. The molecule has 0 aliphatic carbocycles. The van der Waals surface area contributed by atoms with Crippen LogP contribution in [0.4, 0.5) is 0 Å². The number of aliphatic carboxylic acids is 2. The average Bonchev–Trinajstić information content (AvgIpc) is 2.36. The molecule has 1 aromatic rings. The van der Waals surface area contributed by atoms with Gasteiger partial charge in [-0.2, -0.15) is 0 Å². The van der Waals surface area contributed by atoms with E-state index in [1.807, 2.05) is 0 Å².